The summed E-state index contributed by atoms with van der Waals surface area (Å²) in [6.45, 7) is 2.62. The zero-order valence-electron chi connectivity index (χ0n) is 31.9. The minimum atomic E-state index is -0.258. The second kappa shape index (κ2) is 19.7. The van der Waals surface area contributed by atoms with E-state index in [1.807, 2.05) is 91.1 Å². The van der Waals surface area contributed by atoms with Gasteiger partial charge in [-0.05, 0) is 97.1 Å². The molecule has 0 bridgehead atoms. The summed E-state index contributed by atoms with van der Waals surface area (Å²) >= 11 is 0. The summed E-state index contributed by atoms with van der Waals surface area (Å²) in [5, 5.41) is 18.8. The fourth-order valence-electron chi connectivity index (χ4n) is 6.14. The number of hydrogen-bond acceptors (Lipinski definition) is 10. The van der Waals surface area contributed by atoms with Crippen molar-refractivity contribution < 1.29 is 33.3 Å². The van der Waals surface area contributed by atoms with Crippen molar-refractivity contribution in [1.82, 2.24) is 15.0 Å². The second-order valence-corrected chi connectivity index (χ2v) is 13.4. The molecule has 0 fully saturated rings. The molecule has 0 amide bonds. The summed E-state index contributed by atoms with van der Waals surface area (Å²) in [7, 11) is 0. The molecule has 0 spiro atoms. The van der Waals surface area contributed by atoms with E-state index in [9.17, 15) is 14.7 Å². The van der Waals surface area contributed by atoms with Crippen molar-refractivity contribution in [1.29, 1.82) is 0 Å². The number of carbonyl (C=O) groups excluding carboxylic acids is 1. The Morgan fingerprint density at radius 3 is 2.28 bits per heavy atom. The van der Waals surface area contributed by atoms with Gasteiger partial charge in [0.25, 0.3) is 0 Å². The number of hydrogen-bond donors (Lipinski definition) is 1. The number of benzene rings is 5. The van der Waals surface area contributed by atoms with Crippen LogP contribution in [-0.4, -0.2) is 52.3 Å². The van der Waals surface area contributed by atoms with E-state index in [4.69, 9.17) is 23.4 Å². The standard InChI is InChI=1S/C47H43N3O8/c51-42-15-6-4-13-40(42)43(52)26-19-34-17-22-38(23-18-34)55-28-9-8-12-37-32-50(49-48-37)27-29-54-30-31-56-39-24-20-36(21-25-39)46-47(57-33-35-10-2-1-3-11-35)45(53)41-14-5-7-16-44(41)58-46/h1-7,10-11,13-26,32,51H,8-9,12,27-31,33H2/b26-19+. The van der Waals surface area contributed by atoms with Gasteiger partial charge in [0.2, 0.25) is 11.2 Å². The normalized spacial score (nSPS) is 11.2. The summed E-state index contributed by atoms with van der Waals surface area (Å²) in [4.78, 5) is 25.8. The lowest BCUT2D eigenvalue weighted by Gasteiger charge is -2.12. The molecule has 0 atom stereocenters. The summed E-state index contributed by atoms with van der Waals surface area (Å²) in [6, 6.07) is 38.2. The topological polar surface area (TPSA) is 135 Å². The van der Waals surface area contributed by atoms with E-state index in [0.717, 1.165) is 41.8 Å². The van der Waals surface area contributed by atoms with Crippen LogP contribution in [0, 0.1) is 0 Å². The number of aromatic hydroxyl groups is 1. The van der Waals surface area contributed by atoms with Crippen molar-refractivity contribution in [3.05, 3.63) is 172 Å². The van der Waals surface area contributed by atoms with Crippen LogP contribution in [-0.2, 0) is 24.3 Å². The van der Waals surface area contributed by atoms with Crippen LogP contribution in [0.3, 0.4) is 0 Å². The molecule has 11 nitrogen and oxygen atoms in total. The molecule has 11 heteroatoms. The first kappa shape index (κ1) is 39.3. The van der Waals surface area contributed by atoms with Crippen LogP contribution >= 0.6 is 0 Å². The molecule has 7 aromatic rings. The largest absolute Gasteiger partial charge is 0.507 e. The Morgan fingerprint density at radius 2 is 1.47 bits per heavy atom. The van der Waals surface area contributed by atoms with Gasteiger partial charge in [-0.15, -0.1) is 5.10 Å². The predicted molar refractivity (Wildman–Crippen MR) is 221 cm³/mol. The van der Waals surface area contributed by atoms with Gasteiger partial charge in [-0.3, -0.25) is 9.59 Å². The molecular weight excluding hydrogens is 735 g/mol. The maximum Gasteiger partial charge on any atom is 0.235 e. The van der Waals surface area contributed by atoms with Gasteiger partial charge < -0.3 is 28.5 Å². The Balaban J connectivity index is 0.787. The number of aryl methyl sites for hydroxylation is 1. The van der Waals surface area contributed by atoms with E-state index in [0.29, 0.717) is 61.0 Å². The van der Waals surface area contributed by atoms with Crippen LogP contribution in [0.2, 0.25) is 0 Å². The van der Waals surface area contributed by atoms with E-state index >= 15 is 0 Å². The smallest absolute Gasteiger partial charge is 0.235 e. The highest BCUT2D eigenvalue weighted by molar-refractivity contribution is 6.08. The average Bonchev–Trinajstić information content (AvgIpc) is 3.72. The first-order valence-electron chi connectivity index (χ1n) is 19.2. The van der Waals surface area contributed by atoms with Gasteiger partial charge in [0.1, 0.15) is 36.0 Å². The minimum Gasteiger partial charge on any atom is -0.507 e. The number of rotatable bonds is 20. The predicted octanol–water partition coefficient (Wildman–Crippen LogP) is 8.73. The van der Waals surface area contributed by atoms with E-state index in [2.05, 4.69) is 10.3 Å². The van der Waals surface area contributed by atoms with Crippen LogP contribution in [0.1, 0.15) is 40.0 Å². The maximum atomic E-state index is 13.5. The lowest BCUT2D eigenvalue weighted by atomic mass is 10.1. The number of carbonyl (C=O) groups is 1. The van der Waals surface area contributed by atoms with E-state index in [-0.39, 0.29) is 34.9 Å². The Morgan fingerprint density at radius 1 is 0.741 bits per heavy atom. The van der Waals surface area contributed by atoms with Crippen molar-refractivity contribution >= 4 is 22.8 Å². The third-order valence-corrected chi connectivity index (χ3v) is 9.22. The van der Waals surface area contributed by atoms with Gasteiger partial charge in [-0.25, -0.2) is 4.68 Å². The van der Waals surface area contributed by atoms with Gasteiger partial charge >= 0.3 is 0 Å². The molecule has 7 rings (SSSR count). The molecule has 0 aliphatic carbocycles. The van der Waals surface area contributed by atoms with Gasteiger partial charge in [0.05, 0.1) is 43.0 Å². The molecule has 0 saturated heterocycles. The number of fused-ring (bicyclic) bond motifs is 1. The number of nitrogens with zero attached hydrogens (tertiary/aromatic N) is 3. The number of para-hydroxylation sites is 2. The van der Waals surface area contributed by atoms with Crippen molar-refractivity contribution in [2.75, 3.05) is 26.4 Å². The third kappa shape index (κ3) is 10.7. The molecule has 0 saturated carbocycles. The third-order valence-electron chi connectivity index (χ3n) is 9.22. The zero-order chi connectivity index (χ0) is 39.9. The Kier molecular flexibility index (Phi) is 13.4. The Bertz CT molecular complexity index is 2490. The average molecular weight is 778 g/mol. The van der Waals surface area contributed by atoms with Gasteiger partial charge in [0.15, 0.2) is 11.5 Å². The highest BCUT2D eigenvalue weighted by Crippen LogP contribution is 2.32. The first-order valence-corrected chi connectivity index (χ1v) is 19.2. The van der Waals surface area contributed by atoms with E-state index < -0.39 is 0 Å². The number of phenolic OH excluding ortho intramolecular Hbond substituents is 1. The molecule has 2 heterocycles. The highest BCUT2D eigenvalue weighted by atomic mass is 16.5. The van der Waals surface area contributed by atoms with Gasteiger partial charge in [-0.1, -0.05) is 78.0 Å². The number of unbranched alkanes of at least 4 members (excludes halogenated alkanes) is 1. The van der Waals surface area contributed by atoms with E-state index in [1.54, 1.807) is 47.2 Å². The summed E-state index contributed by atoms with van der Waals surface area (Å²) < 4.78 is 31.6. The molecule has 1 N–H and O–H groups in total. The van der Waals surface area contributed by atoms with E-state index in [1.165, 1.54) is 12.1 Å². The van der Waals surface area contributed by atoms with Crippen LogP contribution < -0.4 is 19.6 Å². The Hall–Kier alpha value is -6.98. The summed E-state index contributed by atoms with van der Waals surface area (Å²) in [5.41, 5.74) is 3.96. The van der Waals surface area contributed by atoms with Crippen molar-refractivity contribution in [2.45, 2.75) is 32.4 Å². The summed E-state index contributed by atoms with van der Waals surface area (Å²) in [5.74, 6) is 1.66. The lowest BCUT2D eigenvalue weighted by Crippen LogP contribution is -2.12. The fraction of sp³-hybridized carbons (Fsp3) is 0.191. The molecule has 5 aromatic carbocycles. The van der Waals surface area contributed by atoms with Crippen LogP contribution in [0.5, 0.6) is 23.0 Å². The lowest BCUT2D eigenvalue weighted by molar-refractivity contribution is 0.0923. The highest BCUT2D eigenvalue weighted by Gasteiger charge is 2.18. The van der Waals surface area contributed by atoms with Gasteiger partial charge in [-0.2, -0.15) is 0 Å². The molecule has 0 aliphatic heterocycles. The van der Waals surface area contributed by atoms with Crippen molar-refractivity contribution in [3.8, 4) is 34.3 Å². The number of ketones is 1. The first-order chi connectivity index (χ1) is 28.5. The molecule has 0 radical (unpaired) electrons. The van der Waals surface area contributed by atoms with Crippen molar-refractivity contribution in [2.24, 2.45) is 0 Å². The second-order valence-electron chi connectivity index (χ2n) is 13.4. The minimum absolute atomic E-state index is 0.0334. The van der Waals surface area contributed by atoms with Crippen molar-refractivity contribution in [3.63, 3.8) is 0 Å². The van der Waals surface area contributed by atoms with Gasteiger partial charge in [0, 0.05) is 11.8 Å². The SMILES string of the molecule is O=C(/C=C/c1ccc(OCCCCc2cn(CCOCCOc3ccc(-c4oc5ccccc5c(=O)c4OCc4ccccc4)cc3)nn2)cc1)c1ccccc1O. The maximum absolute atomic E-state index is 13.5. The molecule has 58 heavy (non-hydrogen) atoms. The van der Waals surface area contributed by atoms with Crippen LogP contribution in [0.25, 0.3) is 28.4 Å². The molecule has 294 valence electrons. The monoisotopic (exact) mass is 777 g/mol. The number of allylic oxidation sites excluding steroid dienone is 1. The quantitative estimate of drug-likeness (QED) is 0.0455. The summed E-state index contributed by atoms with van der Waals surface area (Å²) in [6.07, 6.45) is 7.66. The zero-order valence-corrected chi connectivity index (χ0v) is 31.9. The molecule has 2 aromatic heterocycles. The molecule has 0 aliphatic rings. The molecule has 0 unspecified atom stereocenters. The number of phenols is 1. The number of aromatic nitrogens is 3. The van der Waals surface area contributed by atoms with Crippen LogP contribution in [0.15, 0.2) is 149 Å². The Labute approximate surface area is 335 Å². The number of ether oxygens (including phenoxy) is 4. The van der Waals surface area contributed by atoms with Crippen LogP contribution in [0.4, 0.5) is 0 Å². The molecular formula is C47H43N3O8. The fourth-order valence-corrected chi connectivity index (χ4v) is 6.14.